The number of aryl methyl sites for hydroxylation is 1. The van der Waals surface area contributed by atoms with E-state index in [9.17, 15) is 31.3 Å². The molecule has 12 nitrogen and oxygen atoms in total. The molecule has 0 unspecified atom stereocenters. The second-order valence-corrected chi connectivity index (χ2v) is 15.0. The van der Waals surface area contributed by atoms with Crippen molar-refractivity contribution in [3.05, 3.63) is 77.2 Å². The second kappa shape index (κ2) is 12.9. The largest absolute Gasteiger partial charge is 0.449 e. The van der Waals surface area contributed by atoms with E-state index in [2.05, 4.69) is 15.2 Å². The lowest BCUT2D eigenvalue weighted by atomic mass is 10.0. The van der Waals surface area contributed by atoms with Gasteiger partial charge in [0.15, 0.2) is 5.09 Å². The highest BCUT2D eigenvalue weighted by Crippen LogP contribution is 2.37. The summed E-state index contributed by atoms with van der Waals surface area (Å²) in [5, 5.41) is 5.66. The smallest absolute Gasteiger partial charge is 0.304 e. The minimum absolute atomic E-state index is 0.0471. The van der Waals surface area contributed by atoms with E-state index in [0.717, 1.165) is 27.9 Å². The lowest BCUT2D eigenvalue weighted by Crippen LogP contribution is -2.44. The summed E-state index contributed by atoms with van der Waals surface area (Å²) in [6.45, 7) is 5.00. The molecule has 2 amide bonds. The van der Waals surface area contributed by atoms with Gasteiger partial charge in [0.05, 0.1) is 16.8 Å². The molecule has 0 aliphatic carbocycles. The number of anilines is 2. The molecule has 3 aromatic carbocycles. The Morgan fingerprint density at radius 3 is 2.07 bits per heavy atom. The van der Waals surface area contributed by atoms with E-state index in [1.54, 1.807) is 75.4 Å². The maximum Gasteiger partial charge on any atom is 0.304 e. The van der Waals surface area contributed by atoms with E-state index < -0.39 is 43.2 Å². The van der Waals surface area contributed by atoms with Gasteiger partial charge in [-0.2, -0.15) is 4.31 Å². The number of carbonyl (C=O) groups is 2. The van der Waals surface area contributed by atoms with Gasteiger partial charge in [0.25, 0.3) is 5.24 Å². The summed E-state index contributed by atoms with van der Waals surface area (Å²) in [5.41, 5.74) is 3.39. The van der Waals surface area contributed by atoms with Crippen molar-refractivity contribution in [2.75, 3.05) is 23.3 Å². The fourth-order valence-corrected chi connectivity index (χ4v) is 7.43. The Morgan fingerprint density at radius 1 is 0.932 bits per heavy atom. The van der Waals surface area contributed by atoms with Crippen LogP contribution >= 0.6 is 11.8 Å². The predicted octanol–water partition coefficient (Wildman–Crippen LogP) is 6.04. The normalized spacial score (nSPS) is 12.8. The van der Waals surface area contributed by atoms with E-state index >= 15 is 0 Å². The van der Waals surface area contributed by atoms with Gasteiger partial charge in [-0.3, -0.25) is 14.3 Å². The average Bonchev–Trinajstić information content (AvgIpc) is 3.27. The summed E-state index contributed by atoms with van der Waals surface area (Å²) in [7, 11) is -6.35. The fourth-order valence-electron chi connectivity index (χ4n) is 4.69. The number of likely N-dealkylation sites (N-methyl/N-ethyl adjacent to an activating group) is 1. The number of fused-ring (bicyclic) bond motifs is 1. The summed E-state index contributed by atoms with van der Waals surface area (Å²) in [6.07, 6.45) is 1.05. The van der Waals surface area contributed by atoms with Crippen LogP contribution in [0.4, 0.5) is 16.2 Å². The van der Waals surface area contributed by atoms with Gasteiger partial charge in [-0.05, 0) is 60.4 Å². The highest BCUT2D eigenvalue weighted by molar-refractivity contribution is 8.13. The molecule has 0 radical (unpaired) electrons. The Morgan fingerprint density at radius 2 is 1.52 bits per heavy atom. The summed E-state index contributed by atoms with van der Waals surface area (Å²) in [5.74, 6) is -1.52. The van der Waals surface area contributed by atoms with Gasteiger partial charge in [0.1, 0.15) is 11.6 Å². The van der Waals surface area contributed by atoms with Crippen LogP contribution < -0.4 is 10.0 Å². The summed E-state index contributed by atoms with van der Waals surface area (Å²) in [4.78, 5) is 35.5. The highest BCUT2D eigenvalue weighted by atomic mass is 32.2. The van der Waals surface area contributed by atoms with Gasteiger partial charge >= 0.3 is 5.91 Å². The highest BCUT2D eigenvalue weighted by Gasteiger charge is 2.35. The van der Waals surface area contributed by atoms with Crippen LogP contribution in [0.1, 0.15) is 19.4 Å². The van der Waals surface area contributed by atoms with Gasteiger partial charge in [0, 0.05) is 40.6 Å². The van der Waals surface area contributed by atoms with E-state index in [1.807, 2.05) is 0 Å². The Bertz CT molecular complexity index is 1940. The first-order chi connectivity index (χ1) is 20.6. The molecule has 2 N–H and O–H groups in total. The molecular weight excluding hydrogens is 629 g/mol. The molecule has 0 fully saturated rings. The molecule has 4 rings (SSSR count). The van der Waals surface area contributed by atoms with E-state index in [4.69, 9.17) is 4.42 Å². The van der Waals surface area contributed by atoms with E-state index in [1.165, 1.54) is 19.2 Å². The number of nitrogens with zero attached hydrogens (tertiary/aromatic N) is 2. The van der Waals surface area contributed by atoms with Crippen LogP contribution in [-0.4, -0.2) is 51.6 Å². The quantitative estimate of drug-likeness (QED) is 0.152. The number of hydrogen-bond donors (Lipinski definition) is 2. The molecule has 44 heavy (non-hydrogen) atoms. The molecule has 1 atom stereocenters. The van der Waals surface area contributed by atoms with Gasteiger partial charge in [-0.25, -0.2) is 16.8 Å². The number of nitrogens with one attached hydrogen (secondary N) is 2. The van der Waals surface area contributed by atoms with Crippen molar-refractivity contribution < 1.29 is 30.8 Å². The zero-order valence-electron chi connectivity index (χ0n) is 24.4. The van der Waals surface area contributed by atoms with Crippen LogP contribution in [0, 0.1) is 17.7 Å². The third kappa shape index (κ3) is 7.18. The molecule has 1 heterocycles. The minimum Gasteiger partial charge on any atom is -0.449 e. The van der Waals surface area contributed by atoms with Gasteiger partial charge in [-0.1, -0.05) is 44.2 Å². The molecular formula is C29H30N4O8S3. The van der Waals surface area contributed by atoms with Crippen molar-refractivity contribution in [2.45, 2.75) is 36.8 Å². The summed E-state index contributed by atoms with van der Waals surface area (Å²) >= 11 is 0.832. The Kier molecular flexibility index (Phi) is 9.63. The van der Waals surface area contributed by atoms with E-state index in [-0.39, 0.29) is 4.90 Å². The number of amides is 2. The van der Waals surface area contributed by atoms with Gasteiger partial charge in [-0.15, -0.1) is 4.91 Å². The van der Waals surface area contributed by atoms with Crippen molar-refractivity contribution in [1.82, 2.24) is 4.31 Å². The van der Waals surface area contributed by atoms with Crippen LogP contribution in [0.15, 0.2) is 86.3 Å². The average molecular weight is 659 g/mol. The Labute approximate surface area is 259 Å². The SMILES string of the molecule is Cc1c(SC(=O)Nc2ccc(-c3ccc(S(=O)(=O)N(C)[C@H](C(=O)N=O)C(C)C)cc3)cc2)oc2cccc(NS(C)(=O)=O)c12. The standard InChI is InChI=1S/C29H30N4O8S3/c1-17(2)26(27(34)31-36)33(4)44(39,40)22-15-11-20(12-16-22)19-9-13-21(14-10-19)30-29(35)42-28-18(3)25-23(32-43(5,37)38)7-6-8-24(25)41-28/h6-17,26,32H,1-5H3,(H,30,35)/t26-/m0/s1. The number of hydrogen-bond acceptors (Lipinski definition) is 9. The van der Waals surface area contributed by atoms with Crippen molar-refractivity contribution in [1.29, 1.82) is 0 Å². The predicted molar refractivity (Wildman–Crippen MR) is 171 cm³/mol. The molecule has 15 heteroatoms. The Hall–Kier alpha value is -4.05. The third-order valence-corrected chi connectivity index (χ3v) is 10.1. The molecule has 1 aromatic heterocycles. The fraction of sp³-hybridized carbons (Fsp3) is 0.241. The number of thioether (sulfide) groups is 1. The maximum absolute atomic E-state index is 13.1. The number of sulfonamides is 2. The number of rotatable bonds is 10. The number of furan rings is 1. The first-order valence-electron chi connectivity index (χ1n) is 13.2. The van der Waals surface area contributed by atoms with Crippen LogP contribution in [0.2, 0.25) is 0 Å². The molecule has 0 aliphatic rings. The molecule has 0 saturated heterocycles. The van der Waals surface area contributed by atoms with E-state index in [0.29, 0.717) is 38.6 Å². The maximum atomic E-state index is 13.1. The lowest BCUT2D eigenvalue weighted by Gasteiger charge is -2.27. The zero-order chi connectivity index (χ0) is 32.4. The molecule has 0 aliphatic heterocycles. The zero-order valence-corrected chi connectivity index (χ0v) is 26.8. The van der Waals surface area contributed by atoms with Crippen LogP contribution in [0.3, 0.4) is 0 Å². The second-order valence-electron chi connectivity index (χ2n) is 10.3. The van der Waals surface area contributed by atoms with Crippen molar-refractivity contribution in [3.63, 3.8) is 0 Å². The van der Waals surface area contributed by atoms with Crippen LogP contribution in [0.5, 0.6) is 0 Å². The molecule has 232 valence electrons. The molecule has 0 saturated carbocycles. The number of nitroso groups, excluding NO2 is 1. The van der Waals surface area contributed by atoms with Crippen LogP contribution in [-0.2, 0) is 24.8 Å². The molecule has 0 spiro atoms. The summed E-state index contributed by atoms with van der Waals surface area (Å²) < 4.78 is 58.9. The van der Waals surface area contributed by atoms with Gasteiger partial charge in [0.2, 0.25) is 20.0 Å². The summed E-state index contributed by atoms with van der Waals surface area (Å²) in [6, 6.07) is 16.7. The number of carbonyl (C=O) groups excluding carboxylic acids is 2. The van der Waals surface area contributed by atoms with Gasteiger partial charge < -0.3 is 9.73 Å². The monoisotopic (exact) mass is 658 g/mol. The third-order valence-electron chi connectivity index (χ3n) is 6.75. The number of benzene rings is 3. The lowest BCUT2D eigenvalue weighted by molar-refractivity contribution is -0.122. The van der Waals surface area contributed by atoms with Crippen molar-refractivity contribution in [2.24, 2.45) is 11.1 Å². The van der Waals surface area contributed by atoms with Crippen LogP contribution in [0.25, 0.3) is 22.1 Å². The minimum atomic E-state index is -4.08. The Balaban J connectivity index is 1.46. The molecule has 4 aromatic rings. The topological polar surface area (TPSA) is 172 Å². The van der Waals surface area contributed by atoms with Crippen molar-refractivity contribution >= 4 is 65.3 Å². The first kappa shape index (κ1) is 32.9. The van der Waals surface area contributed by atoms with Crippen molar-refractivity contribution in [3.8, 4) is 11.1 Å². The molecule has 0 bridgehead atoms. The first-order valence-corrected chi connectivity index (χ1v) is 17.3.